The van der Waals surface area contributed by atoms with Crippen LogP contribution < -0.4 is 10.4 Å². The van der Waals surface area contributed by atoms with Crippen molar-refractivity contribution in [2.75, 3.05) is 6.61 Å². The minimum Gasteiger partial charge on any atom is -0.466 e. The second kappa shape index (κ2) is 13.6. The number of esters is 2. The van der Waals surface area contributed by atoms with E-state index in [4.69, 9.17) is 9.47 Å². The van der Waals surface area contributed by atoms with Crippen LogP contribution in [0.5, 0.6) is 0 Å². The molecule has 0 saturated heterocycles. The van der Waals surface area contributed by atoms with Crippen molar-refractivity contribution >= 4 is 30.6 Å². The third kappa shape index (κ3) is 6.77. The van der Waals surface area contributed by atoms with Crippen LogP contribution in [0.25, 0.3) is 0 Å². The Bertz CT molecular complexity index is 1410. The van der Waals surface area contributed by atoms with Gasteiger partial charge in [0.1, 0.15) is 6.10 Å². The summed E-state index contributed by atoms with van der Waals surface area (Å²) in [5, 5.41) is 13.0. The Morgan fingerprint density at radius 1 is 0.936 bits per heavy atom. The lowest BCUT2D eigenvalue weighted by Crippen LogP contribution is -2.65. The molecule has 3 aliphatic rings. The molecule has 1 fully saturated rings. The average molecular weight is 661 g/mol. The highest BCUT2D eigenvalue weighted by molar-refractivity contribution is 6.98. The molecule has 6 nitrogen and oxygen atoms in total. The maximum atomic E-state index is 13.0. The smallest absolute Gasteiger partial charge is 0.302 e. The van der Waals surface area contributed by atoms with Gasteiger partial charge in [0.25, 0.3) is 8.32 Å². The summed E-state index contributed by atoms with van der Waals surface area (Å²) in [7, 11) is -3.20. The minimum atomic E-state index is -3.20. The van der Waals surface area contributed by atoms with Crippen molar-refractivity contribution in [1.29, 1.82) is 0 Å². The Balaban J connectivity index is 1.53. The molecule has 47 heavy (non-hydrogen) atoms. The first-order valence-corrected chi connectivity index (χ1v) is 19.6. The van der Waals surface area contributed by atoms with Crippen LogP contribution in [-0.2, 0) is 19.1 Å². The van der Waals surface area contributed by atoms with Gasteiger partial charge in [-0.15, -0.1) is 0 Å². The van der Waals surface area contributed by atoms with Crippen molar-refractivity contribution in [1.82, 2.24) is 0 Å². The number of ether oxygens (including phenoxy) is 2. The van der Waals surface area contributed by atoms with Crippen molar-refractivity contribution in [3.05, 3.63) is 71.8 Å². The Labute approximate surface area is 283 Å². The summed E-state index contributed by atoms with van der Waals surface area (Å²) in [5.41, 5.74) is 2.41. The first-order valence-electron chi connectivity index (χ1n) is 17.7. The van der Waals surface area contributed by atoms with Gasteiger partial charge in [0.15, 0.2) is 0 Å². The van der Waals surface area contributed by atoms with Gasteiger partial charge < -0.3 is 19.4 Å². The van der Waals surface area contributed by atoms with Crippen molar-refractivity contribution in [3.63, 3.8) is 0 Å². The summed E-state index contributed by atoms with van der Waals surface area (Å²) in [6, 6.07) is 20.5. The number of rotatable bonds is 10. The summed E-state index contributed by atoms with van der Waals surface area (Å²) in [6.07, 6.45) is 6.12. The van der Waals surface area contributed by atoms with Crippen LogP contribution in [0, 0.1) is 28.6 Å². The molecule has 256 valence electrons. The van der Waals surface area contributed by atoms with Crippen LogP contribution in [0.1, 0.15) is 99.8 Å². The fourth-order valence-corrected chi connectivity index (χ4v) is 13.4. The van der Waals surface area contributed by atoms with Crippen LogP contribution in [-0.4, -0.2) is 49.0 Å². The van der Waals surface area contributed by atoms with Crippen molar-refractivity contribution in [2.24, 2.45) is 28.6 Å². The lowest BCUT2D eigenvalue weighted by molar-refractivity contribution is -0.158. The second-order valence-electron chi connectivity index (χ2n) is 16.1. The highest BCUT2D eigenvalue weighted by atomic mass is 28.4. The van der Waals surface area contributed by atoms with E-state index in [0.717, 1.165) is 48.9 Å². The number of hydrogen-bond acceptors (Lipinski definition) is 6. The Hall–Kier alpha value is -2.74. The summed E-state index contributed by atoms with van der Waals surface area (Å²) in [4.78, 5) is 36.9. The first-order chi connectivity index (χ1) is 22.1. The molecule has 2 N–H and O–H groups in total. The van der Waals surface area contributed by atoms with Crippen LogP contribution in [0.3, 0.4) is 0 Å². The molecule has 6 atom stereocenters. The molecule has 0 heterocycles. The van der Waals surface area contributed by atoms with E-state index in [1.54, 1.807) is 0 Å². The number of aliphatic hydroxyl groups excluding tert-OH is 1. The number of hydrogen-bond donors (Lipinski definition) is 2. The molecule has 7 heteroatoms. The van der Waals surface area contributed by atoms with Crippen molar-refractivity contribution < 1.29 is 29.0 Å². The number of benzene rings is 2. The van der Waals surface area contributed by atoms with Crippen molar-refractivity contribution in [2.45, 2.75) is 117 Å². The standard InChI is InChI=1S/C40H56O6Si/c1-27(41)45-26-29-24-30(46-28(2)42)20-23-40(29,7)36-19-18-35-34(25-37(43)39(35,5)6)33(36)21-22-38(3,4)47(44,31-14-10-8-11-15-31)32-16-12-9-13-17-32/h8-17,29-30,33,36-37,43-44H,18-26H2,1-7H3/t29-,30+,33+,36+,37-,40+/m1/s1. The van der Waals surface area contributed by atoms with Gasteiger partial charge in [-0.2, -0.15) is 0 Å². The lowest BCUT2D eigenvalue weighted by Gasteiger charge is -2.53. The topological polar surface area (TPSA) is 93.1 Å². The summed E-state index contributed by atoms with van der Waals surface area (Å²) >= 11 is 0. The van der Waals surface area contributed by atoms with Crippen LogP contribution >= 0.6 is 0 Å². The quantitative estimate of drug-likeness (QED) is 0.167. The van der Waals surface area contributed by atoms with Crippen LogP contribution in [0.4, 0.5) is 0 Å². The summed E-state index contributed by atoms with van der Waals surface area (Å²) < 4.78 is 11.4. The predicted molar refractivity (Wildman–Crippen MR) is 189 cm³/mol. The van der Waals surface area contributed by atoms with Gasteiger partial charge in [0, 0.05) is 25.2 Å². The zero-order valence-corrected chi connectivity index (χ0v) is 30.6. The summed E-state index contributed by atoms with van der Waals surface area (Å²) in [5.74, 6) is 0.0229. The van der Waals surface area contributed by atoms with Gasteiger partial charge in [-0.05, 0) is 84.0 Å². The second-order valence-corrected chi connectivity index (χ2v) is 20.0. The minimum absolute atomic E-state index is 0.0476. The molecule has 0 aromatic heterocycles. The Morgan fingerprint density at radius 2 is 1.53 bits per heavy atom. The molecule has 3 aliphatic carbocycles. The van der Waals surface area contributed by atoms with E-state index in [1.165, 1.54) is 25.0 Å². The van der Waals surface area contributed by atoms with E-state index in [0.29, 0.717) is 25.4 Å². The van der Waals surface area contributed by atoms with E-state index < -0.39 is 19.5 Å². The maximum absolute atomic E-state index is 13.0. The molecular formula is C40H56O6Si. The lowest BCUT2D eigenvalue weighted by atomic mass is 9.53. The highest BCUT2D eigenvalue weighted by Crippen LogP contribution is 2.61. The predicted octanol–water partition coefficient (Wildman–Crippen LogP) is 6.71. The van der Waals surface area contributed by atoms with Gasteiger partial charge in [-0.25, -0.2) is 0 Å². The van der Waals surface area contributed by atoms with Gasteiger partial charge in [-0.3, -0.25) is 9.59 Å². The third-order valence-corrected chi connectivity index (χ3v) is 17.2. The van der Waals surface area contributed by atoms with Crippen LogP contribution in [0.15, 0.2) is 71.8 Å². The van der Waals surface area contributed by atoms with Gasteiger partial charge in [0.2, 0.25) is 0 Å². The molecule has 2 aromatic rings. The van der Waals surface area contributed by atoms with E-state index in [1.807, 2.05) is 36.4 Å². The van der Waals surface area contributed by atoms with Crippen LogP contribution in [0.2, 0.25) is 5.04 Å². The molecule has 0 radical (unpaired) electrons. The van der Waals surface area contributed by atoms with E-state index in [9.17, 15) is 19.5 Å². The van der Waals surface area contributed by atoms with E-state index in [2.05, 4.69) is 58.9 Å². The Kier molecular flexibility index (Phi) is 10.3. The fraction of sp³-hybridized carbons (Fsp3) is 0.600. The zero-order chi connectivity index (χ0) is 34.2. The fourth-order valence-electron chi connectivity index (χ4n) is 9.66. The molecule has 0 amide bonds. The van der Waals surface area contributed by atoms with E-state index in [-0.39, 0.29) is 40.7 Å². The molecule has 2 aromatic carbocycles. The SMILES string of the molecule is CC(=O)OC[C@H]1C[C@@H](OC(C)=O)CC[C@]1(C)[C@H]1CCC2=C(C[C@@H](O)C2(C)C)[C@@H]1CCC(C)(C)[Si](O)(c1ccccc1)c1ccccc1. The zero-order valence-electron chi connectivity index (χ0n) is 29.6. The van der Waals surface area contributed by atoms with Gasteiger partial charge in [0.05, 0.1) is 12.7 Å². The largest absolute Gasteiger partial charge is 0.466 e. The third-order valence-electron chi connectivity index (χ3n) is 12.6. The average Bonchev–Trinajstić information content (AvgIpc) is 3.27. The number of carbonyl (C=O) groups excluding carboxylic acids is 2. The molecule has 1 saturated carbocycles. The maximum Gasteiger partial charge on any atom is 0.302 e. The molecule has 5 rings (SSSR count). The monoisotopic (exact) mass is 660 g/mol. The molecule has 0 aliphatic heterocycles. The molecule has 0 bridgehead atoms. The van der Waals surface area contributed by atoms with E-state index >= 15 is 0 Å². The molecular weight excluding hydrogens is 605 g/mol. The molecule has 0 spiro atoms. The summed E-state index contributed by atoms with van der Waals surface area (Å²) in [6.45, 7) is 14.5. The number of aliphatic hydroxyl groups is 1. The van der Waals surface area contributed by atoms with Gasteiger partial charge >= 0.3 is 11.9 Å². The first kappa shape index (κ1) is 35.6. The Morgan fingerprint density at radius 3 is 2.09 bits per heavy atom. The number of carbonyl (C=O) groups is 2. The van der Waals surface area contributed by atoms with Gasteiger partial charge in [-0.1, -0.05) is 106 Å². The van der Waals surface area contributed by atoms with Crippen molar-refractivity contribution in [3.8, 4) is 0 Å². The normalized spacial score (nSPS) is 29.3. The molecule has 0 unspecified atom stereocenters. The highest BCUT2D eigenvalue weighted by Gasteiger charge is 2.55.